The van der Waals surface area contributed by atoms with Crippen molar-refractivity contribution in [2.45, 2.75) is 58.4 Å². The van der Waals surface area contributed by atoms with Crippen molar-refractivity contribution < 1.29 is 4.79 Å². The highest BCUT2D eigenvalue weighted by Gasteiger charge is 2.16. The largest absolute Gasteiger partial charge is 0.351 e. The Morgan fingerprint density at radius 1 is 1.45 bits per heavy atom. The molecular formula is C16H25BrN2O. The van der Waals surface area contributed by atoms with Crippen LogP contribution in [0.1, 0.15) is 68.9 Å². The minimum Gasteiger partial charge on any atom is -0.351 e. The number of hydrogen-bond donors (Lipinski definition) is 1. The van der Waals surface area contributed by atoms with Gasteiger partial charge in [0, 0.05) is 23.3 Å². The summed E-state index contributed by atoms with van der Waals surface area (Å²) < 4.78 is 2.97. The highest BCUT2D eigenvalue weighted by Crippen LogP contribution is 2.28. The number of amides is 1. The van der Waals surface area contributed by atoms with Gasteiger partial charge < -0.3 is 9.88 Å². The molecule has 1 aliphatic rings. The van der Waals surface area contributed by atoms with Crippen molar-refractivity contribution in [1.82, 2.24) is 9.88 Å². The van der Waals surface area contributed by atoms with Crippen LogP contribution in [0.15, 0.2) is 16.7 Å². The number of nitrogens with zero attached hydrogens (tertiary/aromatic N) is 1. The molecule has 1 heterocycles. The van der Waals surface area contributed by atoms with Crippen LogP contribution in [0, 0.1) is 5.92 Å². The molecule has 4 heteroatoms. The molecule has 0 unspecified atom stereocenters. The normalized spacial score (nSPS) is 16.0. The zero-order valence-electron chi connectivity index (χ0n) is 12.5. The average Bonchev–Trinajstić information content (AvgIpc) is 3.03. The highest BCUT2D eigenvalue weighted by atomic mass is 79.9. The van der Waals surface area contributed by atoms with Gasteiger partial charge in [-0.25, -0.2) is 0 Å². The van der Waals surface area contributed by atoms with Gasteiger partial charge in [0.2, 0.25) is 0 Å². The molecule has 1 amide bonds. The van der Waals surface area contributed by atoms with E-state index in [1.807, 2.05) is 16.8 Å². The quantitative estimate of drug-likeness (QED) is 0.758. The number of hydrogen-bond acceptors (Lipinski definition) is 1. The number of rotatable bonds is 6. The first kappa shape index (κ1) is 15.6. The van der Waals surface area contributed by atoms with E-state index in [9.17, 15) is 4.79 Å². The molecule has 1 aromatic rings. The lowest BCUT2D eigenvalue weighted by Gasteiger charge is -2.13. The van der Waals surface area contributed by atoms with Gasteiger partial charge in [-0.3, -0.25) is 4.79 Å². The van der Waals surface area contributed by atoms with Gasteiger partial charge in [-0.2, -0.15) is 0 Å². The lowest BCUT2D eigenvalue weighted by Crippen LogP contribution is -2.27. The Labute approximate surface area is 130 Å². The number of halogens is 1. The smallest absolute Gasteiger partial charge is 0.267 e. The fraction of sp³-hybridized carbons (Fsp3) is 0.688. The van der Waals surface area contributed by atoms with E-state index in [-0.39, 0.29) is 5.91 Å². The van der Waals surface area contributed by atoms with E-state index in [2.05, 4.69) is 35.1 Å². The molecule has 20 heavy (non-hydrogen) atoms. The predicted molar refractivity (Wildman–Crippen MR) is 86.0 cm³/mol. The number of carbonyl (C=O) groups is 1. The van der Waals surface area contributed by atoms with E-state index >= 15 is 0 Å². The van der Waals surface area contributed by atoms with Gasteiger partial charge in [0.15, 0.2) is 0 Å². The Morgan fingerprint density at radius 3 is 2.80 bits per heavy atom. The Morgan fingerprint density at radius 2 is 2.15 bits per heavy atom. The summed E-state index contributed by atoms with van der Waals surface area (Å²) in [5, 5.41) is 3.05. The molecule has 2 rings (SSSR count). The van der Waals surface area contributed by atoms with Crippen LogP contribution in [0.25, 0.3) is 0 Å². The minimum atomic E-state index is 0.0378. The molecule has 1 N–H and O–H groups in total. The van der Waals surface area contributed by atoms with Crippen molar-refractivity contribution >= 4 is 21.8 Å². The van der Waals surface area contributed by atoms with Crippen molar-refractivity contribution in [3.05, 3.63) is 22.4 Å². The molecule has 1 fully saturated rings. The summed E-state index contributed by atoms with van der Waals surface area (Å²) in [6.45, 7) is 4.96. The van der Waals surface area contributed by atoms with Crippen molar-refractivity contribution in [3.8, 4) is 0 Å². The van der Waals surface area contributed by atoms with Gasteiger partial charge in [-0.05, 0) is 54.6 Å². The van der Waals surface area contributed by atoms with Crippen molar-refractivity contribution in [3.63, 3.8) is 0 Å². The molecule has 1 aromatic heterocycles. The molecule has 0 spiro atoms. The van der Waals surface area contributed by atoms with Crippen molar-refractivity contribution in [1.29, 1.82) is 0 Å². The summed E-state index contributed by atoms with van der Waals surface area (Å²) in [7, 11) is 0. The molecule has 0 atom stereocenters. The summed E-state index contributed by atoms with van der Waals surface area (Å²) in [5.74, 6) is 0.941. The third-order valence-corrected chi connectivity index (χ3v) is 4.59. The third-order valence-electron chi connectivity index (χ3n) is 4.15. The molecule has 112 valence electrons. The second-order valence-corrected chi connectivity index (χ2v) is 7.01. The summed E-state index contributed by atoms with van der Waals surface area (Å²) in [5.41, 5.74) is 0.743. The summed E-state index contributed by atoms with van der Waals surface area (Å²) >= 11 is 3.45. The molecule has 1 saturated carbocycles. The predicted octanol–water partition coefficient (Wildman–Crippen LogP) is 4.53. The van der Waals surface area contributed by atoms with E-state index < -0.39 is 0 Å². The fourth-order valence-corrected chi connectivity index (χ4v) is 3.47. The van der Waals surface area contributed by atoms with Crippen LogP contribution < -0.4 is 5.32 Å². The van der Waals surface area contributed by atoms with Crippen molar-refractivity contribution in [2.75, 3.05) is 6.54 Å². The summed E-state index contributed by atoms with van der Waals surface area (Å²) in [6, 6.07) is 2.19. The second kappa shape index (κ2) is 7.30. The SMILES string of the molecule is CC(C)n1cc(Br)cc1C(=O)NCCCC1CCCC1. The number of carbonyl (C=O) groups excluding carboxylic acids is 1. The molecule has 3 nitrogen and oxygen atoms in total. The van der Waals surface area contributed by atoms with Crippen LogP contribution in [0.5, 0.6) is 0 Å². The molecule has 0 aliphatic heterocycles. The van der Waals surface area contributed by atoms with E-state index in [4.69, 9.17) is 0 Å². The Bertz CT molecular complexity index is 447. The summed E-state index contributed by atoms with van der Waals surface area (Å²) in [4.78, 5) is 12.2. The van der Waals surface area contributed by atoms with Gasteiger partial charge >= 0.3 is 0 Å². The van der Waals surface area contributed by atoms with Crippen LogP contribution in [0.4, 0.5) is 0 Å². The Kier molecular flexibility index (Phi) is 5.70. The van der Waals surface area contributed by atoms with E-state index in [1.54, 1.807) is 0 Å². The maximum Gasteiger partial charge on any atom is 0.267 e. The van der Waals surface area contributed by atoms with E-state index in [1.165, 1.54) is 32.1 Å². The lowest BCUT2D eigenvalue weighted by molar-refractivity contribution is 0.0941. The lowest BCUT2D eigenvalue weighted by atomic mass is 10.0. The van der Waals surface area contributed by atoms with E-state index in [0.717, 1.165) is 29.1 Å². The Hall–Kier alpha value is -0.770. The van der Waals surface area contributed by atoms with Crippen LogP contribution >= 0.6 is 15.9 Å². The van der Waals surface area contributed by atoms with Gasteiger partial charge in [-0.1, -0.05) is 25.7 Å². The topological polar surface area (TPSA) is 34.0 Å². The minimum absolute atomic E-state index is 0.0378. The first-order valence-corrected chi connectivity index (χ1v) is 8.53. The molecule has 0 aromatic carbocycles. The van der Waals surface area contributed by atoms with Crippen LogP contribution in [0.2, 0.25) is 0 Å². The zero-order chi connectivity index (χ0) is 14.5. The van der Waals surface area contributed by atoms with Crippen LogP contribution in [-0.2, 0) is 0 Å². The van der Waals surface area contributed by atoms with Crippen LogP contribution in [0.3, 0.4) is 0 Å². The molecular weight excluding hydrogens is 316 g/mol. The van der Waals surface area contributed by atoms with Gasteiger partial charge in [0.05, 0.1) is 0 Å². The zero-order valence-corrected chi connectivity index (χ0v) is 14.1. The van der Waals surface area contributed by atoms with Gasteiger partial charge in [0.1, 0.15) is 5.69 Å². The second-order valence-electron chi connectivity index (χ2n) is 6.09. The first-order valence-electron chi connectivity index (χ1n) is 7.73. The average molecular weight is 341 g/mol. The molecule has 0 radical (unpaired) electrons. The first-order chi connectivity index (χ1) is 9.58. The highest BCUT2D eigenvalue weighted by molar-refractivity contribution is 9.10. The molecule has 0 saturated heterocycles. The maximum atomic E-state index is 12.2. The molecule has 1 aliphatic carbocycles. The standard InChI is InChI=1S/C16H25BrN2O/c1-12(2)19-11-14(17)10-15(19)16(20)18-9-5-8-13-6-3-4-7-13/h10-13H,3-9H2,1-2H3,(H,18,20). The fourth-order valence-electron chi connectivity index (χ4n) is 3.04. The number of nitrogens with one attached hydrogen (secondary N) is 1. The van der Waals surface area contributed by atoms with E-state index in [0.29, 0.717) is 6.04 Å². The summed E-state index contributed by atoms with van der Waals surface area (Å²) in [6.07, 6.45) is 9.89. The van der Waals surface area contributed by atoms with Gasteiger partial charge in [-0.15, -0.1) is 0 Å². The van der Waals surface area contributed by atoms with Crippen molar-refractivity contribution in [2.24, 2.45) is 5.92 Å². The van der Waals surface area contributed by atoms with Gasteiger partial charge in [0.25, 0.3) is 5.91 Å². The Balaban J connectivity index is 1.79. The molecule has 0 bridgehead atoms. The maximum absolute atomic E-state index is 12.2. The monoisotopic (exact) mass is 340 g/mol. The number of aromatic nitrogens is 1. The van der Waals surface area contributed by atoms with Crippen LogP contribution in [-0.4, -0.2) is 17.0 Å². The third kappa shape index (κ3) is 4.11.